The van der Waals surface area contributed by atoms with Crippen molar-refractivity contribution in [3.63, 3.8) is 0 Å². The molecule has 0 aromatic carbocycles. The summed E-state index contributed by atoms with van der Waals surface area (Å²) in [7, 11) is 1.82. The zero-order valence-corrected chi connectivity index (χ0v) is 12.4. The molecule has 0 saturated heterocycles. The van der Waals surface area contributed by atoms with Crippen molar-refractivity contribution in [2.45, 2.75) is 45.2 Å². The molecule has 0 bridgehead atoms. The number of amides is 1. The van der Waals surface area contributed by atoms with E-state index in [1.165, 1.54) is 17.3 Å². The van der Waals surface area contributed by atoms with E-state index in [4.69, 9.17) is 10.5 Å². The molecule has 6 nitrogen and oxygen atoms in total. The summed E-state index contributed by atoms with van der Waals surface area (Å²) in [4.78, 5) is 18.1. The summed E-state index contributed by atoms with van der Waals surface area (Å²) in [5, 5.41) is 17.9. The van der Waals surface area contributed by atoms with Gasteiger partial charge in [0.1, 0.15) is 18.7 Å². The summed E-state index contributed by atoms with van der Waals surface area (Å²) < 4.78 is 1.45. The van der Waals surface area contributed by atoms with Crippen molar-refractivity contribution in [1.29, 1.82) is 10.5 Å². The van der Waals surface area contributed by atoms with E-state index >= 15 is 0 Å². The quantitative estimate of drug-likeness (QED) is 0.845. The van der Waals surface area contributed by atoms with Gasteiger partial charge in [-0.1, -0.05) is 19.8 Å². The molecule has 0 radical (unpaired) electrons. The fraction of sp³-hybridized carbons (Fsp3) is 0.600. The predicted octanol–water partition coefficient (Wildman–Crippen LogP) is 1.66. The molecule has 0 spiro atoms. The topological polar surface area (TPSA) is 85.7 Å². The molecule has 1 aliphatic rings. The van der Waals surface area contributed by atoms with Gasteiger partial charge in [0.2, 0.25) is 5.91 Å². The lowest BCUT2D eigenvalue weighted by molar-refractivity contribution is -0.134. The molecule has 0 aliphatic heterocycles. The van der Waals surface area contributed by atoms with Crippen molar-refractivity contribution in [1.82, 2.24) is 14.5 Å². The fourth-order valence-electron chi connectivity index (χ4n) is 3.02. The molecule has 2 atom stereocenters. The lowest BCUT2D eigenvalue weighted by Crippen LogP contribution is -2.44. The second-order valence-electron chi connectivity index (χ2n) is 5.63. The highest BCUT2D eigenvalue weighted by atomic mass is 16.2. The Kier molecular flexibility index (Phi) is 4.59. The lowest BCUT2D eigenvalue weighted by atomic mass is 9.85. The van der Waals surface area contributed by atoms with E-state index in [9.17, 15) is 4.79 Å². The maximum atomic E-state index is 12.4. The van der Waals surface area contributed by atoms with E-state index in [0.717, 1.165) is 19.3 Å². The SMILES string of the molecule is CC1CCCCC1N(C)C(=O)Cn1cnc(C#N)c1C#N. The smallest absolute Gasteiger partial charge is 0.242 e. The third-order valence-corrected chi connectivity index (χ3v) is 4.31. The molecule has 1 aliphatic carbocycles. The highest BCUT2D eigenvalue weighted by Gasteiger charge is 2.28. The lowest BCUT2D eigenvalue weighted by Gasteiger charge is -2.36. The van der Waals surface area contributed by atoms with Crippen LogP contribution in [0.5, 0.6) is 0 Å². The largest absolute Gasteiger partial charge is 0.341 e. The van der Waals surface area contributed by atoms with Crippen LogP contribution in [-0.4, -0.2) is 33.4 Å². The van der Waals surface area contributed by atoms with Gasteiger partial charge >= 0.3 is 0 Å². The Bertz CT molecular complexity index is 607. The summed E-state index contributed by atoms with van der Waals surface area (Å²) in [6.45, 7) is 2.23. The average Bonchev–Trinajstić information content (AvgIpc) is 2.88. The Labute approximate surface area is 124 Å². The van der Waals surface area contributed by atoms with Crippen molar-refractivity contribution >= 4 is 5.91 Å². The molecule has 6 heteroatoms. The van der Waals surface area contributed by atoms with E-state index in [2.05, 4.69) is 11.9 Å². The van der Waals surface area contributed by atoms with Crippen LogP contribution in [0.2, 0.25) is 0 Å². The van der Waals surface area contributed by atoms with E-state index in [1.807, 2.05) is 19.2 Å². The van der Waals surface area contributed by atoms with Crippen LogP contribution in [0.3, 0.4) is 0 Å². The average molecular weight is 285 g/mol. The molecular formula is C15H19N5O. The molecular weight excluding hydrogens is 266 g/mol. The maximum Gasteiger partial charge on any atom is 0.242 e. The van der Waals surface area contributed by atoms with E-state index < -0.39 is 0 Å². The van der Waals surface area contributed by atoms with Crippen LogP contribution in [0.15, 0.2) is 6.33 Å². The minimum atomic E-state index is -0.0489. The normalized spacial score (nSPS) is 21.3. The second kappa shape index (κ2) is 6.41. The molecule has 1 fully saturated rings. The molecule has 1 aromatic heterocycles. The van der Waals surface area contributed by atoms with Crippen molar-refractivity contribution in [2.24, 2.45) is 5.92 Å². The first-order chi connectivity index (χ1) is 10.1. The minimum Gasteiger partial charge on any atom is -0.341 e. The first-order valence-electron chi connectivity index (χ1n) is 7.19. The van der Waals surface area contributed by atoms with Crippen LogP contribution in [0.25, 0.3) is 0 Å². The van der Waals surface area contributed by atoms with Crippen LogP contribution in [-0.2, 0) is 11.3 Å². The number of carbonyl (C=O) groups is 1. The Balaban J connectivity index is 2.09. The zero-order chi connectivity index (χ0) is 15.4. The third-order valence-electron chi connectivity index (χ3n) is 4.31. The van der Waals surface area contributed by atoms with Crippen molar-refractivity contribution in [2.75, 3.05) is 7.05 Å². The molecule has 0 N–H and O–H groups in total. The Hall–Kier alpha value is -2.34. The van der Waals surface area contributed by atoms with Crippen LogP contribution < -0.4 is 0 Å². The number of aromatic nitrogens is 2. The van der Waals surface area contributed by atoms with E-state index in [1.54, 1.807) is 4.90 Å². The molecule has 1 heterocycles. The number of imidazole rings is 1. The highest BCUT2D eigenvalue weighted by Crippen LogP contribution is 2.27. The van der Waals surface area contributed by atoms with Crippen LogP contribution in [0.4, 0.5) is 0 Å². The molecule has 110 valence electrons. The summed E-state index contributed by atoms with van der Waals surface area (Å²) in [6, 6.07) is 4.06. The van der Waals surface area contributed by atoms with Crippen LogP contribution in [0.1, 0.15) is 44.0 Å². The van der Waals surface area contributed by atoms with E-state index in [0.29, 0.717) is 5.92 Å². The second-order valence-corrected chi connectivity index (χ2v) is 5.63. The number of carbonyl (C=O) groups excluding carboxylic acids is 1. The zero-order valence-electron chi connectivity index (χ0n) is 12.4. The van der Waals surface area contributed by atoms with Gasteiger partial charge in [0.15, 0.2) is 11.4 Å². The molecule has 1 saturated carbocycles. The van der Waals surface area contributed by atoms with Gasteiger partial charge in [-0.25, -0.2) is 4.98 Å². The summed E-state index contributed by atoms with van der Waals surface area (Å²) in [5.41, 5.74) is 0.218. The highest BCUT2D eigenvalue weighted by molar-refractivity contribution is 5.76. The first kappa shape index (κ1) is 15.1. The first-order valence-corrected chi connectivity index (χ1v) is 7.19. The Morgan fingerprint density at radius 1 is 1.43 bits per heavy atom. The standard InChI is InChI=1S/C15H19N5O/c1-11-5-3-4-6-13(11)19(2)15(21)9-20-10-18-12(7-16)14(20)8-17/h10-11,13H,3-6,9H2,1-2H3. The number of likely N-dealkylation sites (N-methyl/N-ethyl adjacent to an activating group) is 1. The van der Waals surface area contributed by atoms with Gasteiger partial charge in [0.25, 0.3) is 0 Å². The third kappa shape index (κ3) is 3.05. The maximum absolute atomic E-state index is 12.4. The fourth-order valence-corrected chi connectivity index (χ4v) is 3.02. The van der Waals surface area contributed by atoms with Gasteiger partial charge in [-0.15, -0.1) is 0 Å². The molecule has 2 unspecified atom stereocenters. The number of nitriles is 2. The van der Waals surface area contributed by atoms with Gasteiger partial charge in [0.05, 0.1) is 6.33 Å². The minimum absolute atomic E-state index is 0.0489. The number of rotatable bonds is 3. The van der Waals surface area contributed by atoms with Crippen molar-refractivity contribution in [3.8, 4) is 12.1 Å². The number of hydrogen-bond acceptors (Lipinski definition) is 4. The Morgan fingerprint density at radius 2 is 2.14 bits per heavy atom. The number of nitrogens with zero attached hydrogens (tertiary/aromatic N) is 5. The monoisotopic (exact) mass is 285 g/mol. The molecule has 1 amide bonds. The summed E-state index contributed by atoms with van der Waals surface area (Å²) in [5.74, 6) is 0.452. The molecule has 2 rings (SSSR count). The van der Waals surface area contributed by atoms with Crippen molar-refractivity contribution in [3.05, 3.63) is 17.7 Å². The Morgan fingerprint density at radius 3 is 2.76 bits per heavy atom. The van der Waals surface area contributed by atoms with Gasteiger partial charge in [-0.05, 0) is 18.8 Å². The molecule has 21 heavy (non-hydrogen) atoms. The predicted molar refractivity (Wildman–Crippen MR) is 75.8 cm³/mol. The summed E-state index contributed by atoms with van der Waals surface area (Å²) in [6.07, 6.45) is 5.94. The van der Waals surface area contributed by atoms with Gasteiger partial charge in [0, 0.05) is 13.1 Å². The van der Waals surface area contributed by atoms with E-state index in [-0.39, 0.29) is 29.9 Å². The van der Waals surface area contributed by atoms with Gasteiger partial charge in [-0.3, -0.25) is 4.79 Å². The van der Waals surface area contributed by atoms with Crippen molar-refractivity contribution < 1.29 is 4.79 Å². The van der Waals surface area contributed by atoms with Gasteiger partial charge < -0.3 is 9.47 Å². The summed E-state index contributed by atoms with van der Waals surface area (Å²) >= 11 is 0. The van der Waals surface area contributed by atoms with Gasteiger partial charge in [-0.2, -0.15) is 10.5 Å². The van der Waals surface area contributed by atoms with Crippen LogP contribution >= 0.6 is 0 Å². The molecule has 1 aromatic rings. The number of hydrogen-bond donors (Lipinski definition) is 0. The van der Waals surface area contributed by atoms with Crippen LogP contribution in [0, 0.1) is 28.6 Å².